The van der Waals surface area contributed by atoms with Crippen molar-refractivity contribution in [1.82, 2.24) is 0 Å². The molecule has 0 aliphatic carbocycles. The smallest absolute Gasteiger partial charge is 0.270 e. The lowest BCUT2D eigenvalue weighted by Gasteiger charge is -2.34. The maximum atomic E-state index is 10.7. The van der Waals surface area contributed by atoms with Crippen LogP contribution in [0.15, 0.2) is 18.2 Å². The second-order valence-electron chi connectivity index (χ2n) is 4.19. The van der Waals surface area contributed by atoms with E-state index in [0.29, 0.717) is 25.4 Å². The molecule has 1 aromatic rings. The molecule has 1 aliphatic heterocycles. The van der Waals surface area contributed by atoms with Crippen molar-refractivity contribution in [3.63, 3.8) is 0 Å². The Kier molecular flexibility index (Phi) is 3.94. The van der Waals surface area contributed by atoms with Crippen LogP contribution in [-0.4, -0.2) is 42.4 Å². The molecule has 1 fully saturated rings. The Morgan fingerprint density at radius 2 is 2.42 bits per heavy atom. The number of morpholine rings is 1. The van der Waals surface area contributed by atoms with Crippen LogP contribution in [0.1, 0.15) is 5.56 Å². The molecule has 1 N–H and O–H groups in total. The first-order chi connectivity index (χ1) is 9.15. The van der Waals surface area contributed by atoms with Gasteiger partial charge in [-0.3, -0.25) is 10.1 Å². The third kappa shape index (κ3) is 2.81. The number of ether oxygens (including phenoxy) is 1. The van der Waals surface area contributed by atoms with E-state index in [4.69, 9.17) is 15.1 Å². The SMILES string of the molecule is N#Cc1cc([N+](=O)[O-])ccc1N1CCOC(CO)C1. The Labute approximate surface area is 109 Å². The summed E-state index contributed by atoms with van der Waals surface area (Å²) in [6.45, 7) is 1.41. The van der Waals surface area contributed by atoms with Gasteiger partial charge in [0.1, 0.15) is 6.07 Å². The summed E-state index contributed by atoms with van der Waals surface area (Å²) in [6.07, 6.45) is -0.296. The minimum absolute atomic E-state index is 0.0919. The molecule has 0 radical (unpaired) electrons. The fraction of sp³-hybridized carbons (Fsp3) is 0.417. The van der Waals surface area contributed by atoms with E-state index in [9.17, 15) is 10.1 Å². The van der Waals surface area contributed by atoms with Gasteiger partial charge in [0.2, 0.25) is 0 Å². The minimum Gasteiger partial charge on any atom is -0.394 e. The molecule has 1 heterocycles. The third-order valence-electron chi connectivity index (χ3n) is 2.99. The molecule has 100 valence electrons. The lowest BCUT2D eigenvalue weighted by atomic mass is 10.1. The van der Waals surface area contributed by atoms with Crippen LogP contribution in [0, 0.1) is 21.4 Å². The highest BCUT2D eigenvalue weighted by Gasteiger charge is 2.23. The molecular weight excluding hydrogens is 250 g/mol. The Bertz CT molecular complexity index is 526. The maximum absolute atomic E-state index is 10.7. The van der Waals surface area contributed by atoms with E-state index < -0.39 is 4.92 Å². The summed E-state index contributed by atoms with van der Waals surface area (Å²) in [6, 6.07) is 6.17. The van der Waals surface area contributed by atoms with Crippen molar-refractivity contribution >= 4 is 11.4 Å². The minimum atomic E-state index is -0.527. The van der Waals surface area contributed by atoms with E-state index in [1.165, 1.54) is 12.1 Å². The van der Waals surface area contributed by atoms with Crippen LogP contribution in [0.5, 0.6) is 0 Å². The van der Waals surface area contributed by atoms with E-state index in [2.05, 4.69) is 0 Å². The first-order valence-corrected chi connectivity index (χ1v) is 5.81. The van der Waals surface area contributed by atoms with Gasteiger partial charge in [-0.15, -0.1) is 0 Å². The van der Waals surface area contributed by atoms with E-state index in [1.54, 1.807) is 6.07 Å². The van der Waals surface area contributed by atoms with Crippen LogP contribution < -0.4 is 4.90 Å². The Morgan fingerprint density at radius 1 is 1.63 bits per heavy atom. The van der Waals surface area contributed by atoms with Gasteiger partial charge in [0.05, 0.1) is 35.5 Å². The molecular formula is C12H13N3O4. The van der Waals surface area contributed by atoms with Gasteiger partial charge in [0, 0.05) is 25.2 Å². The zero-order chi connectivity index (χ0) is 13.8. The fourth-order valence-corrected chi connectivity index (χ4v) is 2.05. The predicted molar refractivity (Wildman–Crippen MR) is 66.9 cm³/mol. The van der Waals surface area contributed by atoms with E-state index in [1.807, 2.05) is 11.0 Å². The molecule has 0 aromatic heterocycles. The quantitative estimate of drug-likeness (QED) is 0.635. The number of benzene rings is 1. The first-order valence-electron chi connectivity index (χ1n) is 5.81. The molecule has 7 nitrogen and oxygen atoms in total. The van der Waals surface area contributed by atoms with Crippen LogP contribution in [0.3, 0.4) is 0 Å². The Balaban J connectivity index is 2.29. The molecule has 7 heteroatoms. The number of nitriles is 1. The summed E-state index contributed by atoms with van der Waals surface area (Å²) in [5.74, 6) is 0. The number of aliphatic hydroxyl groups is 1. The number of nitrogens with zero attached hydrogens (tertiary/aromatic N) is 3. The number of hydrogen-bond acceptors (Lipinski definition) is 6. The summed E-state index contributed by atoms with van der Waals surface area (Å²) >= 11 is 0. The van der Waals surface area contributed by atoms with Crippen LogP contribution in [0.4, 0.5) is 11.4 Å². The highest BCUT2D eigenvalue weighted by Crippen LogP contribution is 2.26. The van der Waals surface area contributed by atoms with Gasteiger partial charge in [0.25, 0.3) is 5.69 Å². The number of hydrogen-bond donors (Lipinski definition) is 1. The summed E-state index contributed by atoms with van der Waals surface area (Å²) in [5, 5.41) is 28.9. The summed E-state index contributed by atoms with van der Waals surface area (Å²) in [7, 11) is 0. The molecule has 0 saturated carbocycles. The van der Waals surface area contributed by atoms with Gasteiger partial charge < -0.3 is 14.7 Å². The van der Waals surface area contributed by atoms with Crippen molar-refractivity contribution in [2.45, 2.75) is 6.10 Å². The fourth-order valence-electron chi connectivity index (χ4n) is 2.05. The number of rotatable bonds is 3. The number of anilines is 1. The molecule has 1 saturated heterocycles. The van der Waals surface area contributed by atoms with Crippen LogP contribution in [0.2, 0.25) is 0 Å². The van der Waals surface area contributed by atoms with Crippen molar-refractivity contribution in [3.8, 4) is 6.07 Å². The predicted octanol–water partition coefficient (Wildman–Crippen LogP) is 0.664. The highest BCUT2D eigenvalue weighted by molar-refractivity contribution is 5.63. The van der Waals surface area contributed by atoms with Gasteiger partial charge >= 0.3 is 0 Å². The molecule has 0 amide bonds. The zero-order valence-corrected chi connectivity index (χ0v) is 10.2. The Hall–Kier alpha value is -2.17. The summed E-state index contributed by atoms with van der Waals surface area (Å²) in [5.41, 5.74) is 0.787. The molecule has 1 atom stereocenters. The number of nitro groups is 1. The number of aliphatic hydroxyl groups excluding tert-OH is 1. The largest absolute Gasteiger partial charge is 0.394 e. The topological polar surface area (TPSA) is 99.6 Å². The molecule has 0 spiro atoms. The van der Waals surface area contributed by atoms with Crippen LogP contribution >= 0.6 is 0 Å². The second-order valence-corrected chi connectivity index (χ2v) is 4.19. The van der Waals surface area contributed by atoms with Gasteiger partial charge in [-0.1, -0.05) is 0 Å². The molecule has 1 unspecified atom stereocenters. The maximum Gasteiger partial charge on any atom is 0.270 e. The van der Waals surface area contributed by atoms with Crippen molar-refractivity contribution in [1.29, 1.82) is 5.26 Å². The average molecular weight is 263 g/mol. The Morgan fingerprint density at radius 3 is 3.05 bits per heavy atom. The zero-order valence-electron chi connectivity index (χ0n) is 10.2. The van der Waals surface area contributed by atoms with E-state index in [-0.39, 0.29) is 24.0 Å². The van der Waals surface area contributed by atoms with Crippen molar-refractivity contribution < 1.29 is 14.8 Å². The normalized spacial score (nSPS) is 18.9. The highest BCUT2D eigenvalue weighted by atomic mass is 16.6. The second kappa shape index (κ2) is 5.65. The molecule has 1 aliphatic rings. The van der Waals surface area contributed by atoms with Crippen molar-refractivity contribution in [3.05, 3.63) is 33.9 Å². The van der Waals surface area contributed by atoms with Gasteiger partial charge in [-0.2, -0.15) is 5.26 Å². The monoisotopic (exact) mass is 263 g/mol. The van der Waals surface area contributed by atoms with Crippen LogP contribution in [-0.2, 0) is 4.74 Å². The van der Waals surface area contributed by atoms with Crippen molar-refractivity contribution in [2.24, 2.45) is 0 Å². The number of nitro benzene ring substituents is 1. The summed E-state index contributed by atoms with van der Waals surface area (Å²) in [4.78, 5) is 12.1. The standard InChI is InChI=1S/C12H13N3O4/c13-6-9-5-10(15(17)18)1-2-12(9)14-3-4-19-11(7-14)8-16/h1-2,5,11,16H,3-4,7-8H2. The van der Waals surface area contributed by atoms with E-state index >= 15 is 0 Å². The lowest BCUT2D eigenvalue weighted by Crippen LogP contribution is -2.44. The molecule has 2 rings (SSSR count). The third-order valence-corrected chi connectivity index (χ3v) is 2.99. The first kappa shape index (κ1) is 13.3. The molecule has 1 aromatic carbocycles. The van der Waals surface area contributed by atoms with E-state index in [0.717, 1.165) is 0 Å². The van der Waals surface area contributed by atoms with Gasteiger partial charge in [-0.25, -0.2) is 0 Å². The lowest BCUT2D eigenvalue weighted by molar-refractivity contribution is -0.384. The van der Waals surface area contributed by atoms with Gasteiger partial charge in [-0.05, 0) is 6.07 Å². The molecule has 19 heavy (non-hydrogen) atoms. The summed E-state index contributed by atoms with van der Waals surface area (Å²) < 4.78 is 5.33. The average Bonchev–Trinajstić information content (AvgIpc) is 2.46. The molecule has 0 bridgehead atoms. The number of non-ortho nitro benzene ring substituents is 1. The van der Waals surface area contributed by atoms with Crippen molar-refractivity contribution in [2.75, 3.05) is 31.2 Å². The van der Waals surface area contributed by atoms with Gasteiger partial charge in [0.15, 0.2) is 0 Å². The van der Waals surface area contributed by atoms with Crippen LogP contribution in [0.25, 0.3) is 0 Å².